The van der Waals surface area contributed by atoms with E-state index in [0.717, 1.165) is 82.5 Å². The van der Waals surface area contributed by atoms with Gasteiger partial charge in [0.15, 0.2) is 5.96 Å². The Bertz CT molecular complexity index is 963. The number of guanidine groups is 1. The molecule has 32 heavy (non-hydrogen) atoms. The highest BCUT2D eigenvalue weighted by atomic mass is 127. The number of anilines is 1. The van der Waals surface area contributed by atoms with Crippen molar-refractivity contribution in [3.8, 4) is 5.75 Å². The molecule has 0 aliphatic carbocycles. The quantitative estimate of drug-likeness (QED) is 0.254. The van der Waals surface area contributed by atoms with Crippen molar-refractivity contribution in [2.24, 2.45) is 4.99 Å². The second kappa shape index (κ2) is 11.6. The summed E-state index contributed by atoms with van der Waals surface area (Å²) < 4.78 is 8.80. The van der Waals surface area contributed by atoms with Gasteiger partial charge in [0.1, 0.15) is 11.6 Å². The average molecular weight is 555 g/mol. The third-order valence-corrected chi connectivity index (χ3v) is 6.07. The molecule has 10 heteroatoms. The van der Waals surface area contributed by atoms with Gasteiger partial charge >= 0.3 is 5.69 Å². The number of ether oxygens (including phenoxy) is 1. The number of nitrogens with one attached hydrogen (secondary N) is 1. The zero-order valence-corrected chi connectivity index (χ0v) is 21.3. The lowest BCUT2D eigenvalue weighted by atomic mass is 10.2. The lowest BCUT2D eigenvalue weighted by Crippen LogP contribution is -2.52. The van der Waals surface area contributed by atoms with Crippen molar-refractivity contribution in [3.05, 3.63) is 40.6 Å². The van der Waals surface area contributed by atoms with E-state index in [1.54, 1.807) is 11.8 Å². The van der Waals surface area contributed by atoms with E-state index in [2.05, 4.69) is 37.3 Å². The smallest absolute Gasteiger partial charge is 0.345 e. The molecule has 0 unspecified atom stereocenters. The number of hydrogen-bond acceptors (Lipinski definition) is 5. The highest BCUT2D eigenvalue weighted by Crippen LogP contribution is 2.22. The summed E-state index contributed by atoms with van der Waals surface area (Å²) in [6.45, 7) is 5.88. The molecule has 4 rings (SSSR count). The van der Waals surface area contributed by atoms with Gasteiger partial charge in [-0.15, -0.1) is 24.0 Å². The molecule has 0 amide bonds. The fourth-order valence-electron chi connectivity index (χ4n) is 4.34. The average Bonchev–Trinajstić information content (AvgIpc) is 3.15. The van der Waals surface area contributed by atoms with Crippen LogP contribution in [0.1, 0.15) is 25.1 Å². The highest BCUT2D eigenvalue weighted by molar-refractivity contribution is 14.0. The summed E-state index contributed by atoms with van der Waals surface area (Å²) in [6, 6.07) is 8.21. The fourth-order valence-corrected chi connectivity index (χ4v) is 4.34. The minimum absolute atomic E-state index is 0. The number of hydrogen-bond donors (Lipinski definition) is 1. The predicted molar refractivity (Wildman–Crippen MR) is 138 cm³/mol. The summed E-state index contributed by atoms with van der Waals surface area (Å²) in [5, 5.41) is 7.96. The summed E-state index contributed by atoms with van der Waals surface area (Å²) in [5.41, 5.74) is 1.22. The first-order valence-electron chi connectivity index (χ1n) is 11.2. The number of aliphatic imine (C=N–C) groups is 1. The van der Waals surface area contributed by atoms with Crippen molar-refractivity contribution < 1.29 is 4.74 Å². The van der Waals surface area contributed by atoms with Crippen LogP contribution >= 0.6 is 24.0 Å². The summed E-state index contributed by atoms with van der Waals surface area (Å²) in [7, 11) is 3.52. The largest absolute Gasteiger partial charge is 0.497 e. The third kappa shape index (κ3) is 5.57. The first kappa shape index (κ1) is 24.4. The van der Waals surface area contributed by atoms with Gasteiger partial charge in [-0.2, -0.15) is 5.10 Å². The van der Waals surface area contributed by atoms with Gasteiger partial charge < -0.3 is 19.9 Å². The number of benzene rings is 1. The maximum absolute atomic E-state index is 12.4. The van der Waals surface area contributed by atoms with Crippen molar-refractivity contribution in [1.82, 2.24) is 24.6 Å². The molecule has 0 saturated carbocycles. The number of aryl methyl sites for hydroxylation is 2. The minimum atomic E-state index is 0. The minimum Gasteiger partial charge on any atom is -0.497 e. The van der Waals surface area contributed by atoms with Gasteiger partial charge in [0.25, 0.3) is 0 Å². The molecule has 1 aromatic carbocycles. The Hall–Kier alpha value is -2.24. The Labute approximate surface area is 206 Å². The van der Waals surface area contributed by atoms with Crippen LogP contribution in [0.5, 0.6) is 5.75 Å². The number of methoxy groups -OCH3 is 1. The number of piperazine rings is 1. The summed E-state index contributed by atoms with van der Waals surface area (Å²) in [6.07, 6.45) is 3.94. The first-order chi connectivity index (χ1) is 15.2. The molecule has 1 aromatic heterocycles. The van der Waals surface area contributed by atoms with Crippen LogP contribution in [-0.4, -0.2) is 72.1 Å². The summed E-state index contributed by atoms with van der Waals surface area (Å²) in [4.78, 5) is 21.6. The van der Waals surface area contributed by atoms with Gasteiger partial charge in [-0.05, 0) is 31.4 Å². The summed E-state index contributed by atoms with van der Waals surface area (Å²) in [5.74, 6) is 2.74. The van der Waals surface area contributed by atoms with Gasteiger partial charge in [0, 0.05) is 71.0 Å². The lowest BCUT2D eigenvalue weighted by molar-refractivity contribution is 0.371. The van der Waals surface area contributed by atoms with Gasteiger partial charge in [0.2, 0.25) is 0 Å². The van der Waals surface area contributed by atoms with Gasteiger partial charge in [-0.3, -0.25) is 9.56 Å². The van der Waals surface area contributed by atoms with Crippen LogP contribution in [0.3, 0.4) is 0 Å². The molecule has 176 valence electrons. The molecule has 0 spiro atoms. The van der Waals surface area contributed by atoms with Crippen molar-refractivity contribution in [1.29, 1.82) is 0 Å². The Morgan fingerprint density at radius 3 is 2.72 bits per heavy atom. The molecule has 1 saturated heterocycles. The molecule has 0 bridgehead atoms. The zero-order valence-electron chi connectivity index (χ0n) is 19.0. The van der Waals surface area contributed by atoms with Crippen LogP contribution in [0.25, 0.3) is 0 Å². The van der Waals surface area contributed by atoms with E-state index in [1.807, 2.05) is 23.7 Å². The van der Waals surface area contributed by atoms with Gasteiger partial charge in [-0.1, -0.05) is 6.07 Å². The van der Waals surface area contributed by atoms with E-state index < -0.39 is 0 Å². The van der Waals surface area contributed by atoms with E-state index in [-0.39, 0.29) is 29.7 Å². The molecule has 0 atom stereocenters. The molecule has 3 heterocycles. The Kier molecular flexibility index (Phi) is 8.83. The molecule has 0 radical (unpaired) electrons. The van der Waals surface area contributed by atoms with Crippen LogP contribution in [0.2, 0.25) is 0 Å². The fraction of sp³-hybridized carbons (Fsp3) is 0.591. The molecular weight excluding hydrogens is 521 g/mol. The molecule has 1 fully saturated rings. The number of fused-ring (bicyclic) bond motifs is 1. The van der Waals surface area contributed by atoms with Crippen LogP contribution < -0.4 is 20.6 Å². The second-order valence-corrected chi connectivity index (χ2v) is 8.03. The molecule has 2 aromatic rings. The number of halogens is 1. The monoisotopic (exact) mass is 555 g/mol. The zero-order chi connectivity index (χ0) is 21.6. The topological polar surface area (TPSA) is 79.9 Å². The number of nitrogens with zero attached hydrogens (tertiary/aromatic N) is 6. The van der Waals surface area contributed by atoms with Gasteiger partial charge in [0.05, 0.1) is 7.11 Å². The van der Waals surface area contributed by atoms with E-state index >= 15 is 0 Å². The standard InChI is InChI=1S/C22H33N7O2.HI/c1-23-21(24-10-6-12-29-22(30)28-11-4-3-9-20(28)25-29)27-15-13-26(14-16-27)18-7-5-8-19(17-18)31-2;/h5,7-8,17H,3-4,6,9-16H2,1-2H3,(H,23,24);1H. The van der Waals surface area contributed by atoms with Crippen LogP contribution in [0.15, 0.2) is 34.1 Å². The van der Waals surface area contributed by atoms with E-state index in [4.69, 9.17) is 4.74 Å². The molecule has 2 aliphatic heterocycles. The van der Waals surface area contributed by atoms with Gasteiger partial charge in [-0.25, -0.2) is 9.48 Å². The van der Waals surface area contributed by atoms with Crippen molar-refractivity contribution in [2.75, 3.05) is 51.8 Å². The lowest BCUT2D eigenvalue weighted by Gasteiger charge is -2.37. The second-order valence-electron chi connectivity index (χ2n) is 8.03. The molecule has 2 aliphatic rings. The van der Waals surface area contributed by atoms with Crippen molar-refractivity contribution in [2.45, 2.75) is 38.8 Å². The third-order valence-electron chi connectivity index (χ3n) is 6.07. The maximum Gasteiger partial charge on any atom is 0.345 e. The Morgan fingerprint density at radius 2 is 2.00 bits per heavy atom. The SMILES string of the molecule is CN=C(NCCCn1nc2n(c1=O)CCCC2)N1CCN(c2cccc(OC)c2)CC1.I. The van der Waals surface area contributed by atoms with E-state index in [9.17, 15) is 4.79 Å². The van der Waals surface area contributed by atoms with Crippen molar-refractivity contribution >= 4 is 35.6 Å². The molecular formula is C22H34IN7O2. The number of rotatable bonds is 6. The van der Waals surface area contributed by atoms with E-state index in [1.165, 1.54) is 5.69 Å². The van der Waals surface area contributed by atoms with Crippen molar-refractivity contribution in [3.63, 3.8) is 0 Å². The normalized spacial score (nSPS) is 16.4. The van der Waals surface area contributed by atoms with E-state index in [0.29, 0.717) is 6.54 Å². The Morgan fingerprint density at radius 1 is 1.19 bits per heavy atom. The maximum atomic E-state index is 12.4. The Balaban J connectivity index is 0.00000289. The predicted octanol–water partition coefficient (Wildman–Crippen LogP) is 1.80. The highest BCUT2D eigenvalue weighted by Gasteiger charge is 2.20. The van der Waals surface area contributed by atoms with Crippen LogP contribution in [0, 0.1) is 0 Å². The first-order valence-corrected chi connectivity index (χ1v) is 11.2. The van der Waals surface area contributed by atoms with Crippen LogP contribution in [-0.2, 0) is 19.5 Å². The summed E-state index contributed by atoms with van der Waals surface area (Å²) >= 11 is 0. The van der Waals surface area contributed by atoms with Crippen LogP contribution in [0.4, 0.5) is 5.69 Å². The molecule has 1 N–H and O–H groups in total. The number of aromatic nitrogens is 3. The molecule has 9 nitrogen and oxygen atoms in total.